The molecular weight excluding hydrogens is 296 g/mol. The second-order valence-corrected chi connectivity index (χ2v) is 4.82. The van der Waals surface area contributed by atoms with E-state index in [-0.39, 0.29) is 11.9 Å². The third-order valence-electron chi connectivity index (χ3n) is 3.10. The number of anilines is 1. The molecule has 0 saturated carbocycles. The summed E-state index contributed by atoms with van der Waals surface area (Å²) in [5.41, 5.74) is 1.40. The molecule has 2 aromatic heterocycles. The lowest BCUT2D eigenvalue weighted by atomic mass is 10.2. The minimum Gasteiger partial charge on any atom is -0.424 e. The molecule has 2 heterocycles. The molecule has 3 aromatic rings. The van der Waals surface area contributed by atoms with Crippen LogP contribution in [0.3, 0.4) is 0 Å². The van der Waals surface area contributed by atoms with Gasteiger partial charge in [-0.15, -0.1) is 0 Å². The predicted molar refractivity (Wildman–Crippen MR) is 82.5 cm³/mol. The number of carbonyl (C=O) groups is 1. The van der Waals surface area contributed by atoms with Crippen molar-refractivity contribution in [3.8, 4) is 11.8 Å². The smallest absolute Gasteiger partial charge is 0.322 e. The number of carbonyl (C=O) groups excluding carboxylic acids is 1. The maximum atomic E-state index is 12.2. The van der Waals surface area contributed by atoms with E-state index in [2.05, 4.69) is 20.4 Å². The van der Waals surface area contributed by atoms with Gasteiger partial charge in [0.25, 0.3) is 5.91 Å². The molecule has 0 unspecified atom stereocenters. The monoisotopic (exact) mass is 310 g/mol. The van der Waals surface area contributed by atoms with Crippen molar-refractivity contribution in [2.75, 3.05) is 5.32 Å². The van der Waals surface area contributed by atoms with Crippen molar-refractivity contribution >= 4 is 11.6 Å². The second kappa shape index (κ2) is 6.27. The fraction of sp³-hybridized carbons (Fsp3) is 0.125. The number of hydrogen-bond donors (Lipinski definition) is 1. The predicted octanol–water partition coefficient (Wildman–Crippen LogP) is 3.13. The van der Waals surface area contributed by atoms with E-state index in [4.69, 9.17) is 9.26 Å². The average Bonchev–Trinajstić information content (AvgIpc) is 2.89. The van der Waals surface area contributed by atoms with Gasteiger partial charge in [-0.25, -0.2) is 9.97 Å². The van der Waals surface area contributed by atoms with Gasteiger partial charge in [-0.05, 0) is 26.0 Å². The molecule has 0 aliphatic carbocycles. The van der Waals surface area contributed by atoms with E-state index in [9.17, 15) is 4.79 Å². The average molecular weight is 310 g/mol. The topological polar surface area (TPSA) is 90.1 Å². The van der Waals surface area contributed by atoms with Gasteiger partial charge in [-0.1, -0.05) is 23.4 Å². The molecule has 23 heavy (non-hydrogen) atoms. The summed E-state index contributed by atoms with van der Waals surface area (Å²) in [7, 11) is 0. The maximum absolute atomic E-state index is 12.2. The van der Waals surface area contributed by atoms with Crippen molar-refractivity contribution in [3.05, 3.63) is 59.7 Å². The molecule has 1 amide bonds. The van der Waals surface area contributed by atoms with Gasteiger partial charge in [0.05, 0.1) is 23.8 Å². The van der Waals surface area contributed by atoms with E-state index >= 15 is 0 Å². The van der Waals surface area contributed by atoms with Gasteiger partial charge in [0.1, 0.15) is 17.1 Å². The molecule has 1 N–H and O–H groups in total. The Morgan fingerprint density at radius 2 is 1.83 bits per heavy atom. The van der Waals surface area contributed by atoms with Crippen LogP contribution in [0.2, 0.25) is 0 Å². The van der Waals surface area contributed by atoms with Crippen LogP contribution in [0.25, 0.3) is 0 Å². The highest BCUT2D eigenvalue weighted by Gasteiger charge is 2.17. The van der Waals surface area contributed by atoms with Crippen molar-refractivity contribution in [2.45, 2.75) is 13.8 Å². The Labute approximate surface area is 132 Å². The number of para-hydroxylation sites is 1. The summed E-state index contributed by atoms with van der Waals surface area (Å²) in [6.45, 7) is 3.39. The number of nitrogens with one attached hydrogen (secondary N) is 1. The normalized spacial score (nSPS) is 10.3. The summed E-state index contributed by atoms with van der Waals surface area (Å²) >= 11 is 0. The Bertz CT molecular complexity index is 794. The summed E-state index contributed by atoms with van der Waals surface area (Å²) < 4.78 is 10.5. The first-order valence-electron chi connectivity index (χ1n) is 6.92. The quantitative estimate of drug-likeness (QED) is 0.796. The molecule has 0 aliphatic rings. The first-order valence-corrected chi connectivity index (χ1v) is 6.92. The fourth-order valence-corrected chi connectivity index (χ4v) is 2.03. The van der Waals surface area contributed by atoms with Crippen molar-refractivity contribution < 1.29 is 14.1 Å². The first-order chi connectivity index (χ1) is 11.1. The van der Waals surface area contributed by atoms with E-state index in [1.54, 1.807) is 26.0 Å². The zero-order chi connectivity index (χ0) is 16.2. The van der Waals surface area contributed by atoms with Gasteiger partial charge in [-0.3, -0.25) is 4.79 Å². The molecule has 0 fully saturated rings. The van der Waals surface area contributed by atoms with E-state index < -0.39 is 0 Å². The van der Waals surface area contributed by atoms with Gasteiger partial charge < -0.3 is 14.6 Å². The van der Waals surface area contributed by atoms with Crippen molar-refractivity contribution in [2.24, 2.45) is 0 Å². The summed E-state index contributed by atoms with van der Waals surface area (Å²) in [4.78, 5) is 20.3. The number of amides is 1. The van der Waals surface area contributed by atoms with Crippen LogP contribution >= 0.6 is 0 Å². The Hall–Kier alpha value is -3.22. The number of aryl methyl sites for hydroxylation is 2. The second-order valence-electron chi connectivity index (χ2n) is 4.82. The Balaban J connectivity index is 1.69. The molecule has 0 saturated heterocycles. The lowest BCUT2D eigenvalue weighted by molar-refractivity contribution is 0.102. The number of benzene rings is 1. The third-order valence-corrected chi connectivity index (χ3v) is 3.10. The Morgan fingerprint density at radius 3 is 2.43 bits per heavy atom. The highest BCUT2D eigenvalue weighted by Crippen LogP contribution is 2.18. The van der Waals surface area contributed by atoms with E-state index in [1.807, 2.05) is 18.2 Å². The van der Waals surface area contributed by atoms with Crippen molar-refractivity contribution in [1.29, 1.82) is 0 Å². The molecule has 0 radical (unpaired) electrons. The summed E-state index contributed by atoms with van der Waals surface area (Å²) in [5.74, 6) is 0.784. The Morgan fingerprint density at radius 1 is 1.13 bits per heavy atom. The Kier molecular flexibility index (Phi) is 4.01. The van der Waals surface area contributed by atoms with Crippen LogP contribution < -0.4 is 10.1 Å². The molecular formula is C16H14N4O3. The molecule has 116 valence electrons. The molecule has 0 spiro atoms. The van der Waals surface area contributed by atoms with Crippen molar-refractivity contribution in [3.63, 3.8) is 0 Å². The number of hydrogen-bond acceptors (Lipinski definition) is 6. The summed E-state index contributed by atoms with van der Waals surface area (Å²) in [6, 6.07) is 9.40. The number of nitrogens with zero attached hydrogens (tertiary/aromatic N) is 3. The van der Waals surface area contributed by atoms with Crippen LogP contribution in [0.15, 0.2) is 47.2 Å². The molecule has 0 bridgehead atoms. The van der Waals surface area contributed by atoms with E-state index in [0.717, 1.165) is 0 Å². The minimum absolute atomic E-state index is 0.200. The fourth-order valence-electron chi connectivity index (χ4n) is 2.03. The van der Waals surface area contributed by atoms with Crippen LogP contribution in [0.5, 0.6) is 11.8 Å². The summed E-state index contributed by atoms with van der Waals surface area (Å²) in [5, 5.41) is 6.45. The maximum Gasteiger partial charge on any atom is 0.322 e. The van der Waals surface area contributed by atoms with Crippen LogP contribution in [-0.2, 0) is 0 Å². The number of rotatable bonds is 4. The molecule has 7 nitrogen and oxygen atoms in total. The number of ether oxygens (including phenoxy) is 1. The molecule has 3 rings (SSSR count). The molecule has 7 heteroatoms. The highest BCUT2D eigenvalue weighted by atomic mass is 16.5. The standard InChI is InChI=1S/C16H14N4O3/c1-10-14(11(2)23-20-10)15(21)19-12-8-17-16(18-9-12)22-13-6-4-3-5-7-13/h3-9H,1-2H3,(H,19,21). The third kappa shape index (κ3) is 3.34. The molecule has 1 aromatic carbocycles. The van der Waals surface area contributed by atoms with Gasteiger partial charge in [-0.2, -0.15) is 0 Å². The minimum atomic E-state index is -0.318. The molecule has 0 atom stereocenters. The van der Waals surface area contributed by atoms with Crippen LogP contribution in [-0.4, -0.2) is 21.0 Å². The van der Waals surface area contributed by atoms with Gasteiger partial charge in [0.15, 0.2) is 0 Å². The van der Waals surface area contributed by atoms with E-state index in [0.29, 0.717) is 28.5 Å². The van der Waals surface area contributed by atoms with E-state index in [1.165, 1.54) is 12.4 Å². The van der Waals surface area contributed by atoms with Gasteiger partial charge in [0.2, 0.25) is 0 Å². The number of aromatic nitrogens is 3. The lowest BCUT2D eigenvalue weighted by Gasteiger charge is -2.06. The highest BCUT2D eigenvalue weighted by molar-refractivity contribution is 6.05. The zero-order valence-corrected chi connectivity index (χ0v) is 12.6. The SMILES string of the molecule is Cc1noc(C)c1C(=O)Nc1cnc(Oc2ccccc2)nc1. The van der Waals surface area contributed by atoms with Gasteiger partial charge in [0, 0.05) is 0 Å². The van der Waals surface area contributed by atoms with Crippen molar-refractivity contribution in [1.82, 2.24) is 15.1 Å². The van der Waals surface area contributed by atoms with Gasteiger partial charge >= 0.3 is 6.01 Å². The zero-order valence-electron chi connectivity index (χ0n) is 12.6. The van der Waals surface area contributed by atoms with Crippen LogP contribution in [0.1, 0.15) is 21.8 Å². The lowest BCUT2D eigenvalue weighted by Crippen LogP contribution is -2.14. The van der Waals surface area contributed by atoms with Crippen LogP contribution in [0, 0.1) is 13.8 Å². The summed E-state index contributed by atoms with van der Waals surface area (Å²) in [6.07, 6.45) is 2.95. The van der Waals surface area contributed by atoms with Crippen LogP contribution in [0.4, 0.5) is 5.69 Å². The molecule has 0 aliphatic heterocycles. The largest absolute Gasteiger partial charge is 0.424 e. The first kappa shape index (κ1) is 14.7.